The standard InChI is InChI=1S/C11H11BrClN3S/c1-6(2)10-14-15-11(17)16(10)9-4-3-7(13)5-8(9)12/h3-6H,1-2H3,(H,15,17). The van der Waals surface area contributed by atoms with E-state index in [1.807, 2.05) is 22.8 Å². The predicted octanol–water partition coefficient (Wildman–Crippen LogP) is 4.47. The fourth-order valence-corrected chi connectivity index (χ4v) is 2.69. The number of benzene rings is 1. The molecule has 1 heterocycles. The fourth-order valence-electron chi connectivity index (χ4n) is 1.59. The van der Waals surface area contributed by atoms with Crippen LogP contribution in [0.5, 0.6) is 0 Å². The van der Waals surface area contributed by atoms with Crippen LogP contribution in [0.15, 0.2) is 22.7 Å². The Morgan fingerprint density at radius 2 is 2.18 bits per heavy atom. The van der Waals surface area contributed by atoms with E-state index >= 15 is 0 Å². The molecule has 1 aromatic heterocycles. The lowest BCUT2D eigenvalue weighted by molar-refractivity contribution is 0.743. The van der Waals surface area contributed by atoms with Crippen LogP contribution in [0.2, 0.25) is 5.02 Å². The first-order valence-corrected chi connectivity index (χ1v) is 6.71. The molecule has 0 fully saturated rings. The molecule has 0 saturated carbocycles. The van der Waals surface area contributed by atoms with E-state index in [4.69, 9.17) is 23.8 Å². The molecular weight excluding hydrogens is 322 g/mol. The molecule has 3 nitrogen and oxygen atoms in total. The molecule has 0 saturated heterocycles. The summed E-state index contributed by atoms with van der Waals surface area (Å²) in [5.41, 5.74) is 0.942. The minimum absolute atomic E-state index is 0.283. The van der Waals surface area contributed by atoms with Crippen LogP contribution < -0.4 is 0 Å². The van der Waals surface area contributed by atoms with Gasteiger partial charge >= 0.3 is 0 Å². The Morgan fingerprint density at radius 1 is 1.47 bits per heavy atom. The first kappa shape index (κ1) is 12.8. The third-order valence-electron chi connectivity index (χ3n) is 2.37. The summed E-state index contributed by atoms with van der Waals surface area (Å²) in [5.74, 6) is 1.18. The van der Waals surface area contributed by atoms with Crippen LogP contribution in [-0.4, -0.2) is 14.8 Å². The van der Waals surface area contributed by atoms with E-state index in [9.17, 15) is 0 Å². The van der Waals surface area contributed by atoms with Crippen LogP contribution in [0.4, 0.5) is 0 Å². The third kappa shape index (κ3) is 2.46. The Balaban J connectivity index is 2.68. The Kier molecular flexibility index (Phi) is 3.70. The van der Waals surface area contributed by atoms with Crippen molar-refractivity contribution in [2.75, 3.05) is 0 Å². The van der Waals surface area contributed by atoms with Gasteiger partial charge in [-0.2, -0.15) is 5.10 Å². The van der Waals surface area contributed by atoms with E-state index in [0.717, 1.165) is 16.0 Å². The van der Waals surface area contributed by atoms with Crippen molar-refractivity contribution in [2.45, 2.75) is 19.8 Å². The zero-order valence-electron chi connectivity index (χ0n) is 9.37. The quantitative estimate of drug-likeness (QED) is 0.823. The Labute approximate surface area is 118 Å². The van der Waals surface area contributed by atoms with Crippen molar-refractivity contribution in [2.24, 2.45) is 0 Å². The van der Waals surface area contributed by atoms with Gasteiger partial charge < -0.3 is 0 Å². The number of rotatable bonds is 2. The zero-order valence-corrected chi connectivity index (χ0v) is 12.5. The van der Waals surface area contributed by atoms with Gasteiger partial charge in [0.2, 0.25) is 0 Å². The van der Waals surface area contributed by atoms with Gasteiger partial charge in [-0.05, 0) is 46.3 Å². The topological polar surface area (TPSA) is 33.6 Å². The third-order valence-corrected chi connectivity index (χ3v) is 3.51. The van der Waals surface area contributed by atoms with Crippen LogP contribution in [-0.2, 0) is 0 Å². The number of H-pyrrole nitrogens is 1. The molecule has 0 radical (unpaired) electrons. The van der Waals surface area contributed by atoms with E-state index in [2.05, 4.69) is 40.0 Å². The summed E-state index contributed by atoms with van der Waals surface area (Å²) in [7, 11) is 0. The molecule has 0 bridgehead atoms. The summed E-state index contributed by atoms with van der Waals surface area (Å²) < 4.78 is 3.39. The van der Waals surface area contributed by atoms with Crippen molar-refractivity contribution in [1.29, 1.82) is 0 Å². The Morgan fingerprint density at radius 3 is 2.76 bits per heavy atom. The number of aromatic amines is 1. The van der Waals surface area contributed by atoms with Gasteiger partial charge in [-0.3, -0.25) is 9.67 Å². The summed E-state index contributed by atoms with van der Waals surface area (Å²) in [4.78, 5) is 0. The van der Waals surface area contributed by atoms with Gasteiger partial charge in [-0.1, -0.05) is 25.4 Å². The van der Waals surface area contributed by atoms with E-state index in [1.165, 1.54) is 0 Å². The van der Waals surface area contributed by atoms with Crippen molar-refractivity contribution in [3.8, 4) is 5.69 Å². The minimum atomic E-state index is 0.283. The molecule has 0 atom stereocenters. The lowest BCUT2D eigenvalue weighted by Gasteiger charge is -2.11. The van der Waals surface area contributed by atoms with Gasteiger partial charge in [0.05, 0.1) is 5.69 Å². The number of hydrogen-bond donors (Lipinski definition) is 1. The molecule has 0 spiro atoms. The molecule has 2 rings (SSSR count). The highest BCUT2D eigenvalue weighted by atomic mass is 79.9. The molecule has 17 heavy (non-hydrogen) atoms. The van der Waals surface area contributed by atoms with E-state index in [-0.39, 0.29) is 5.92 Å². The van der Waals surface area contributed by atoms with Gasteiger partial charge in [-0.15, -0.1) is 0 Å². The lowest BCUT2D eigenvalue weighted by Crippen LogP contribution is -2.03. The molecule has 90 valence electrons. The van der Waals surface area contributed by atoms with E-state index in [1.54, 1.807) is 0 Å². The Bertz CT molecular complexity index is 603. The summed E-state index contributed by atoms with van der Waals surface area (Å²) in [6.45, 7) is 4.15. The van der Waals surface area contributed by atoms with Crippen molar-refractivity contribution >= 4 is 39.7 Å². The molecule has 0 unspecified atom stereocenters. The first-order valence-electron chi connectivity index (χ1n) is 5.13. The maximum absolute atomic E-state index is 5.93. The second kappa shape index (κ2) is 4.92. The number of nitrogens with zero attached hydrogens (tertiary/aromatic N) is 2. The SMILES string of the molecule is CC(C)c1n[nH]c(=S)n1-c1ccc(Cl)cc1Br. The van der Waals surface area contributed by atoms with Gasteiger partial charge in [0.25, 0.3) is 0 Å². The van der Waals surface area contributed by atoms with E-state index in [0.29, 0.717) is 9.79 Å². The van der Waals surface area contributed by atoms with Gasteiger partial charge in [0.15, 0.2) is 4.77 Å². The van der Waals surface area contributed by atoms with Crippen LogP contribution >= 0.6 is 39.7 Å². The van der Waals surface area contributed by atoms with Crippen LogP contribution in [0.25, 0.3) is 5.69 Å². The summed E-state index contributed by atoms with van der Waals surface area (Å²) in [5, 5.41) is 7.75. The molecule has 1 aromatic carbocycles. The average Bonchev–Trinajstić information content (AvgIpc) is 2.60. The molecule has 0 amide bonds. The second-order valence-corrected chi connectivity index (χ2v) is 5.65. The highest BCUT2D eigenvalue weighted by molar-refractivity contribution is 9.10. The largest absolute Gasteiger partial charge is 0.271 e. The molecule has 0 aliphatic heterocycles. The lowest BCUT2D eigenvalue weighted by atomic mass is 10.2. The smallest absolute Gasteiger partial charge is 0.199 e. The minimum Gasteiger partial charge on any atom is -0.271 e. The molecule has 6 heteroatoms. The van der Waals surface area contributed by atoms with Gasteiger partial charge in [0.1, 0.15) is 5.82 Å². The fraction of sp³-hybridized carbons (Fsp3) is 0.273. The van der Waals surface area contributed by atoms with Crippen molar-refractivity contribution in [3.63, 3.8) is 0 Å². The maximum Gasteiger partial charge on any atom is 0.199 e. The normalized spacial score (nSPS) is 11.1. The second-order valence-electron chi connectivity index (χ2n) is 3.97. The van der Waals surface area contributed by atoms with Gasteiger partial charge in [-0.25, -0.2) is 0 Å². The number of aromatic nitrogens is 3. The van der Waals surface area contributed by atoms with Crippen LogP contribution in [0.3, 0.4) is 0 Å². The molecule has 0 aliphatic rings. The first-order chi connectivity index (χ1) is 8.00. The van der Waals surface area contributed by atoms with E-state index < -0.39 is 0 Å². The Hall–Kier alpha value is -0.650. The van der Waals surface area contributed by atoms with Crippen LogP contribution in [0, 0.1) is 4.77 Å². The average molecular weight is 333 g/mol. The maximum atomic E-state index is 5.93. The van der Waals surface area contributed by atoms with Crippen molar-refractivity contribution in [1.82, 2.24) is 14.8 Å². The summed E-state index contributed by atoms with van der Waals surface area (Å²) in [6, 6.07) is 5.60. The predicted molar refractivity (Wildman–Crippen MR) is 75.5 cm³/mol. The van der Waals surface area contributed by atoms with Gasteiger partial charge in [0, 0.05) is 15.4 Å². The molecule has 1 N–H and O–H groups in total. The molecule has 2 aromatic rings. The van der Waals surface area contributed by atoms with Crippen molar-refractivity contribution < 1.29 is 0 Å². The monoisotopic (exact) mass is 331 g/mol. The summed E-state index contributed by atoms with van der Waals surface area (Å²) >= 11 is 14.7. The molecule has 0 aliphatic carbocycles. The number of halogens is 2. The number of nitrogens with one attached hydrogen (secondary N) is 1. The summed E-state index contributed by atoms with van der Waals surface area (Å²) in [6.07, 6.45) is 0. The highest BCUT2D eigenvalue weighted by Crippen LogP contribution is 2.27. The highest BCUT2D eigenvalue weighted by Gasteiger charge is 2.13. The van der Waals surface area contributed by atoms with Crippen LogP contribution in [0.1, 0.15) is 25.6 Å². The molecular formula is C11H11BrClN3S. The van der Waals surface area contributed by atoms with Crippen molar-refractivity contribution in [3.05, 3.63) is 38.3 Å². The number of hydrogen-bond acceptors (Lipinski definition) is 2. The zero-order chi connectivity index (χ0) is 12.6.